The largest absolute Gasteiger partial charge is 0.468 e. The maximum absolute atomic E-state index is 5.55. The number of benzene rings is 1. The van der Waals surface area contributed by atoms with E-state index in [1.807, 2.05) is 6.07 Å². The van der Waals surface area contributed by atoms with Gasteiger partial charge < -0.3 is 9.73 Å². The Hall–Kier alpha value is -1.74. The quantitative estimate of drug-likeness (QED) is 0.903. The van der Waals surface area contributed by atoms with Gasteiger partial charge in [0, 0.05) is 30.7 Å². The molecule has 1 fully saturated rings. The van der Waals surface area contributed by atoms with Crippen LogP contribution in [0, 0.1) is 0 Å². The number of rotatable bonds is 5. The van der Waals surface area contributed by atoms with Crippen molar-refractivity contribution in [2.24, 2.45) is 0 Å². The summed E-state index contributed by atoms with van der Waals surface area (Å²) < 4.78 is 5.55. The normalized spacial score (nSPS) is 21.1. The topological polar surface area (TPSA) is 28.4 Å². The lowest BCUT2D eigenvalue weighted by Crippen LogP contribution is -2.32. The number of fused-ring (bicyclic) bond motifs is 1. The molecular weight excluding hydrogens is 260 g/mol. The van der Waals surface area contributed by atoms with Gasteiger partial charge in [0.1, 0.15) is 5.76 Å². The molecule has 0 amide bonds. The van der Waals surface area contributed by atoms with Crippen LogP contribution in [0.5, 0.6) is 0 Å². The van der Waals surface area contributed by atoms with E-state index in [-0.39, 0.29) is 0 Å². The standard InChI is InChI=1S/C18H22N2O/c1-2-6-18-17(5-1)14(9-10-19-18)12-20(15-7-8-15)13-16-4-3-11-21-16/h1-6,11,14-15,19H,7-10,12-13H2. The van der Waals surface area contributed by atoms with Crippen molar-refractivity contribution in [3.63, 3.8) is 0 Å². The molecule has 0 radical (unpaired) electrons. The average molecular weight is 282 g/mol. The van der Waals surface area contributed by atoms with Crippen LogP contribution in [-0.2, 0) is 6.54 Å². The fourth-order valence-corrected chi connectivity index (χ4v) is 3.41. The molecular formula is C18H22N2O. The summed E-state index contributed by atoms with van der Waals surface area (Å²) in [6.07, 6.45) is 5.68. The van der Waals surface area contributed by atoms with E-state index in [1.54, 1.807) is 6.26 Å². The van der Waals surface area contributed by atoms with Crippen LogP contribution in [-0.4, -0.2) is 24.0 Å². The van der Waals surface area contributed by atoms with Crippen LogP contribution in [0.4, 0.5) is 5.69 Å². The molecule has 2 heterocycles. The Kier molecular flexibility index (Phi) is 3.44. The van der Waals surface area contributed by atoms with Crippen molar-refractivity contribution in [3.8, 4) is 0 Å². The SMILES string of the molecule is c1coc(CN(CC2CCNc3ccccc32)C2CC2)c1. The number of hydrogen-bond donors (Lipinski definition) is 1. The van der Waals surface area contributed by atoms with Crippen molar-refractivity contribution in [3.05, 3.63) is 54.0 Å². The van der Waals surface area contributed by atoms with Crippen molar-refractivity contribution in [1.82, 2.24) is 4.90 Å². The highest BCUT2D eigenvalue weighted by molar-refractivity contribution is 5.54. The Bertz CT molecular complexity index is 589. The Balaban J connectivity index is 1.51. The second-order valence-electron chi connectivity index (χ2n) is 6.24. The molecule has 1 atom stereocenters. The molecule has 1 unspecified atom stereocenters. The summed E-state index contributed by atoms with van der Waals surface area (Å²) in [6.45, 7) is 3.18. The molecule has 0 spiro atoms. The van der Waals surface area contributed by atoms with Gasteiger partial charge in [-0.1, -0.05) is 18.2 Å². The predicted octanol–water partition coefficient (Wildman–Crippen LogP) is 3.84. The first-order valence-corrected chi connectivity index (χ1v) is 7.99. The van der Waals surface area contributed by atoms with E-state index in [0.29, 0.717) is 5.92 Å². The Morgan fingerprint density at radius 1 is 1.10 bits per heavy atom. The van der Waals surface area contributed by atoms with E-state index in [4.69, 9.17) is 4.42 Å². The Morgan fingerprint density at radius 3 is 2.81 bits per heavy atom. The highest BCUT2D eigenvalue weighted by Gasteiger charge is 2.32. The van der Waals surface area contributed by atoms with Gasteiger partial charge in [0.2, 0.25) is 0 Å². The van der Waals surface area contributed by atoms with E-state index in [0.717, 1.165) is 31.4 Å². The van der Waals surface area contributed by atoms with Gasteiger partial charge in [-0.25, -0.2) is 0 Å². The van der Waals surface area contributed by atoms with E-state index < -0.39 is 0 Å². The van der Waals surface area contributed by atoms with Crippen LogP contribution >= 0.6 is 0 Å². The summed E-state index contributed by atoms with van der Waals surface area (Å²) in [6, 6.07) is 13.6. The lowest BCUT2D eigenvalue weighted by Gasteiger charge is -2.31. The van der Waals surface area contributed by atoms with Crippen molar-refractivity contribution in [2.75, 3.05) is 18.4 Å². The van der Waals surface area contributed by atoms with Gasteiger partial charge in [-0.15, -0.1) is 0 Å². The van der Waals surface area contributed by atoms with Gasteiger partial charge in [0.25, 0.3) is 0 Å². The van der Waals surface area contributed by atoms with Gasteiger partial charge >= 0.3 is 0 Å². The molecule has 1 saturated carbocycles. The molecule has 2 aromatic rings. The molecule has 0 saturated heterocycles. The number of anilines is 1. The van der Waals surface area contributed by atoms with Crippen LogP contribution < -0.4 is 5.32 Å². The first-order chi connectivity index (χ1) is 10.4. The predicted molar refractivity (Wildman–Crippen MR) is 84.4 cm³/mol. The van der Waals surface area contributed by atoms with Crippen molar-refractivity contribution >= 4 is 5.69 Å². The zero-order valence-electron chi connectivity index (χ0n) is 12.3. The van der Waals surface area contributed by atoms with Crippen LogP contribution in [0.15, 0.2) is 47.1 Å². The molecule has 1 aliphatic carbocycles. The first kappa shape index (κ1) is 13.0. The van der Waals surface area contributed by atoms with Crippen molar-refractivity contribution in [1.29, 1.82) is 0 Å². The number of para-hydroxylation sites is 1. The summed E-state index contributed by atoms with van der Waals surface area (Å²) in [5.41, 5.74) is 2.80. The van der Waals surface area contributed by atoms with Crippen LogP contribution in [0.25, 0.3) is 0 Å². The maximum Gasteiger partial charge on any atom is 0.117 e. The molecule has 1 aromatic heterocycles. The molecule has 110 valence electrons. The number of hydrogen-bond acceptors (Lipinski definition) is 3. The molecule has 3 nitrogen and oxygen atoms in total. The van der Waals surface area contributed by atoms with Crippen LogP contribution in [0.2, 0.25) is 0 Å². The van der Waals surface area contributed by atoms with E-state index in [1.165, 1.54) is 30.5 Å². The zero-order valence-corrected chi connectivity index (χ0v) is 12.3. The monoisotopic (exact) mass is 282 g/mol. The van der Waals surface area contributed by atoms with Crippen LogP contribution in [0.3, 0.4) is 0 Å². The van der Waals surface area contributed by atoms with E-state index in [2.05, 4.69) is 40.5 Å². The fourth-order valence-electron chi connectivity index (χ4n) is 3.41. The molecule has 0 bridgehead atoms. The van der Waals surface area contributed by atoms with Crippen LogP contribution in [0.1, 0.15) is 36.5 Å². The molecule has 1 aromatic carbocycles. The van der Waals surface area contributed by atoms with Crippen molar-refractivity contribution < 1.29 is 4.42 Å². The van der Waals surface area contributed by atoms with E-state index >= 15 is 0 Å². The summed E-state index contributed by atoms with van der Waals surface area (Å²) in [4.78, 5) is 2.62. The van der Waals surface area contributed by atoms with E-state index in [9.17, 15) is 0 Å². The van der Waals surface area contributed by atoms with Gasteiger partial charge in [0.15, 0.2) is 0 Å². The second-order valence-corrected chi connectivity index (χ2v) is 6.24. The van der Waals surface area contributed by atoms with Gasteiger partial charge in [0.05, 0.1) is 12.8 Å². The maximum atomic E-state index is 5.55. The van der Waals surface area contributed by atoms with Gasteiger partial charge in [-0.2, -0.15) is 0 Å². The number of nitrogens with zero attached hydrogens (tertiary/aromatic N) is 1. The summed E-state index contributed by atoms with van der Waals surface area (Å²) in [7, 11) is 0. The Labute approximate surface area is 126 Å². The third-order valence-electron chi connectivity index (χ3n) is 4.67. The lowest BCUT2D eigenvalue weighted by molar-refractivity contribution is 0.216. The highest BCUT2D eigenvalue weighted by Crippen LogP contribution is 2.36. The molecule has 2 aliphatic rings. The minimum Gasteiger partial charge on any atom is -0.468 e. The molecule has 21 heavy (non-hydrogen) atoms. The Morgan fingerprint density at radius 2 is 2.00 bits per heavy atom. The number of furan rings is 1. The molecule has 4 rings (SSSR count). The molecule has 3 heteroatoms. The second kappa shape index (κ2) is 5.57. The van der Waals surface area contributed by atoms with Gasteiger partial charge in [-0.05, 0) is 43.0 Å². The summed E-state index contributed by atoms with van der Waals surface area (Å²) in [5.74, 6) is 1.72. The first-order valence-electron chi connectivity index (χ1n) is 7.99. The number of nitrogens with one attached hydrogen (secondary N) is 1. The van der Waals surface area contributed by atoms with Crippen molar-refractivity contribution in [2.45, 2.75) is 37.8 Å². The third kappa shape index (κ3) is 2.84. The average Bonchev–Trinajstić information content (AvgIpc) is 3.25. The zero-order chi connectivity index (χ0) is 14.1. The molecule has 1 aliphatic heterocycles. The fraction of sp³-hybridized carbons (Fsp3) is 0.444. The molecule has 1 N–H and O–H groups in total. The van der Waals surface area contributed by atoms with Gasteiger partial charge in [-0.3, -0.25) is 4.90 Å². The summed E-state index contributed by atoms with van der Waals surface area (Å²) >= 11 is 0. The highest BCUT2D eigenvalue weighted by atomic mass is 16.3. The minimum atomic E-state index is 0.637. The smallest absolute Gasteiger partial charge is 0.117 e. The lowest BCUT2D eigenvalue weighted by atomic mass is 9.90. The third-order valence-corrected chi connectivity index (χ3v) is 4.67. The summed E-state index contributed by atoms with van der Waals surface area (Å²) in [5, 5.41) is 3.52. The minimum absolute atomic E-state index is 0.637.